The van der Waals surface area contributed by atoms with E-state index in [0.717, 1.165) is 21.7 Å². The molecule has 0 spiro atoms. The van der Waals surface area contributed by atoms with Crippen molar-refractivity contribution in [2.24, 2.45) is 5.92 Å². The molecule has 0 fully saturated rings. The molecule has 0 heterocycles. The van der Waals surface area contributed by atoms with Crippen molar-refractivity contribution in [3.8, 4) is 11.1 Å². The summed E-state index contributed by atoms with van der Waals surface area (Å²) in [6, 6.07) is 15.3. The smallest absolute Gasteiger partial charge is 0.320 e. The predicted octanol–water partition coefficient (Wildman–Crippen LogP) is 4.60. The zero-order chi connectivity index (χ0) is 16.8. The number of rotatable bonds is 7. The molecule has 2 N–H and O–H groups in total. The minimum absolute atomic E-state index is 0.343. The molecule has 0 amide bonds. The van der Waals surface area contributed by atoms with Crippen molar-refractivity contribution in [1.82, 2.24) is 5.32 Å². The van der Waals surface area contributed by atoms with Crippen LogP contribution in [0.3, 0.4) is 0 Å². The number of aliphatic carboxylic acids is 1. The maximum Gasteiger partial charge on any atom is 0.320 e. The molecule has 1 unspecified atom stereocenters. The van der Waals surface area contributed by atoms with Gasteiger partial charge in [0.25, 0.3) is 0 Å². The van der Waals surface area contributed by atoms with Gasteiger partial charge in [0, 0.05) is 11.6 Å². The van der Waals surface area contributed by atoms with Crippen molar-refractivity contribution in [1.29, 1.82) is 0 Å². The minimum atomic E-state index is -0.795. The summed E-state index contributed by atoms with van der Waals surface area (Å²) >= 11 is 5.90. The third-order valence-electron chi connectivity index (χ3n) is 3.69. The van der Waals surface area contributed by atoms with Crippen molar-refractivity contribution in [2.75, 3.05) is 0 Å². The monoisotopic (exact) mass is 331 g/mol. The van der Waals surface area contributed by atoms with Crippen LogP contribution in [-0.4, -0.2) is 17.1 Å². The van der Waals surface area contributed by atoms with Crippen LogP contribution in [0.5, 0.6) is 0 Å². The van der Waals surface area contributed by atoms with E-state index in [1.54, 1.807) is 0 Å². The van der Waals surface area contributed by atoms with Gasteiger partial charge in [0.15, 0.2) is 0 Å². The molecule has 4 heteroatoms. The van der Waals surface area contributed by atoms with Crippen molar-refractivity contribution >= 4 is 17.6 Å². The van der Waals surface area contributed by atoms with E-state index in [9.17, 15) is 9.90 Å². The van der Waals surface area contributed by atoms with Gasteiger partial charge in [-0.25, -0.2) is 0 Å². The highest BCUT2D eigenvalue weighted by Crippen LogP contribution is 2.22. The molecule has 0 aliphatic carbocycles. The van der Waals surface area contributed by atoms with E-state index in [1.165, 1.54) is 0 Å². The molecule has 0 saturated heterocycles. The van der Waals surface area contributed by atoms with Crippen molar-refractivity contribution in [3.63, 3.8) is 0 Å². The molecule has 0 saturated carbocycles. The summed E-state index contributed by atoms with van der Waals surface area (Å²) in [4.78, 5) is 11.2. The summed E-state index contributed by atoms with van der Waals surface area (Å²) < 4.78 is 0. The molecule has 2 rings (SSSR count). The average molecular weight is 332 g/mol. The molecule has 0 radical (unpaired) electrons. The van der Waals surface area contributed by atoms with Gasteiger partial charge in [0.2, 0.25) is 0 Å². The van der Waals surface area contributed by atoms with Gasteiger partial charge in [0.1, 0.15) is 6.04 Å². The number of nitrogens with one attached hydrogen (secondary N) is 1. The third kappa shape index (κ3) is 5.38. The molecule has 0 aliphatic rings. The fourth-order valence-corrected chi connectivity index (χ4v) is 2.57. The summed E-state index contributed by atoms with van der Waals surface area (Å²) in [5, 5.41) is 13.1. The molecule has 23 heavy (non-hydrogen) atoms. The van der Waals surface area contributed by atoms with E-state index < -0.39 is 12.0 Å². The first-order chi connectivity index (χ1) is 11.0. The van der Waals surface area contributed by atoms with Gasteiger partial charge >= 0.3 is 5.97 Å². The Morgan fingerprint density at radius 3 is 2.04 bits per heavy atom. The topological polar surface area (TPSA) is 49.3 Å². The standard InChI is InChI=1S/C19H22ClNO2/c1-13(2)11-18(19(22)23)21-12-14-3-5-15(6-4-14)16-7-9-17(20)10-8-16/h3-10,13,18,21H,11-12H2,1-2H3,(H,22,23). The number of carboxylic acid groups (broad SMARTS) is 1. The number of carbonyl (C=O) groups is 1. The van der Waals surface area contributed by atoms with Crippen LogP contribution < -0.4 is 5.32 Å². The highest BCUT2D eigenvalue weighted by molar-refractivity contribution is 6.30. The van der Waals surface area contributed by atoms with Gasteiger partial charge in [0.05, 0.1) is 0 Å². The maximum absolute atomic E-state index is 11.2. The number of benzene rings is 2. The summed E-state index contributed by atoms with van der Waals surface area (Å²) in [6.07, 6.45) is 0.623. The molecule has 2 aromatic carbocycles. The van der Waals surface area contributed by atoms with Gasteiger partial charge < -0.3 is 10.4 Å². The van der Waals surface area contributed by atoms with Crippen LogP contribution in [-0.2, 0) is 11.3 Å². The molecule has 0 aromatic heterocycles. The van der Waals surface area contributed by atoms with Gasteiger partial charge in [-0.15, -0.1) is 0 Å². The Morgan fingerprint density at radius 1 is 1.04 bits per heavy atom. The van der Waals surface area contributed by atoms with Crippen molar-refractivity contribution in [3.05, 3.63) is 59.1 Å². The number of hydrogen-bond acceptors (Lipinski definition) is 2. The van der Waals surface area contributed by atoms with Crippen LogP contribution in [0.4, 0.5) is 0 Å². The minimum Gasteiger partial charge on any atom is -0.480 e. The predicted molar refractivity (Wildman–Crippen MR) is 94.6 cm³/mol. The molecule has 3 nitrogen and oxygen atoms in total. The molecule has 2 aromatic rings. The molecule has 0 aliphatic heterocycles. The zero-order valence-electron chi connectivity index (χ0n) is 13.4. The Bertz CT molecular complexity index is 635. The van der Waals surface area contributed by atoms with E-state index in [4.69, 9.17) is 11.6 Å². The molecular formula is C19H22ClNO2. The summed E-state index contributed by atoms with van der Waals surface area (Å²) in [6.45, 7) is 4.60. The molecular weight excluding hydrogens is 310 g/mol. The van der Waals surface area contributed by atoms with Gasteiger partial charge in [-0.2, -0.15) is 0 Å². The van der Waals surface area contributed by atoms with E-state index in [-0.39, 0.29) is 0 Å². The SMILES string of the molecule is CC(C)CC(NCc1ccc(-c2ccc(Cl)cc2)cc1)C(=O)O. The lowest BCUT2D eigenvalue weighted by Crippen LogP contribution is -2.37. The number of carboxylic acids is 1. The molecule has 0 bridgehead atoms. The summed E-state index contributed by atoms with van der Waals surface area (Å²) in [5.41, 5.74) is 3.29. The fraction of sp³-hybridized carbons (Fsp3) is 0.316. The van der Waals surface area contributed by atoms with Crippen LogP contribution in [0, 0.1) is 5.92 Å². The van der Waals surface area contributed by atoms with Crippen molar-refractivity contribution in [2.45, 2.75) is 32.9 Å². The van der Waals surface area contributed by atoms with Gasteiger partial charge in [-0.1, -0.05) is 61.8 Å². The van der Waals surface area contributed by atoms with E-state index in [0.29, 0.717) is 18.9 Å². The average Bonchev–Trinajstić information content (AvgIpc) is 2.52. The second-order valence-corrected chi connectivity index (χ2v) is 6.54. The second-order valence-electron chi connectivity index (χ2n) is 6.11. The lowest BCUT2D eigenvalue weighted by Gasteiger charge is -2.16. The summed E-state index contributed by atoms with van der Waals surface area (Å²) in [5.74, 6) is -0.452. The van der Waals surface area contributed by atoms with Crippen LogP contribution in [0.1, 0.15) is 25.8 Å². The normalized spacial score (nSPS) is 12.3. The fourth-order valence-electron chi connectivity index (χ4n) is 2.44. The van der Waals surface area contributed by atoms with Crippen LogP contribution in [0.15, 0.2) is 48.5 Å². The van der Waals surface area contributed by atoms with E-state index in [2.05, 4.69) is 5.32 Å². The van der Waals surface area contributed by atoms with Gasteiger partial charge in [-0.05, 0) is 41.2 Å². The summed E-state index contributed by atoms with van der Waals surface area (Å²) in [7, 11) is 0. The Hall–Kier alpha value is -1.84. The molecule has 1 atom stereocenters. The Morgan fingerprint density at radius 2 is 1.57 bits per heavy atom. The lowest BCUT2D eigenvalue weighted by molar-refractivity contribution is -0.140. The highest BCUT2D eigenvalue weighted by Gasteiger charge is 2.17. The lowest BCUT2D eigenvalue weighted by atomic mass is 10.0. The first-order valence-corrected chi connectivity index (χ1v) is 8.14. The van der Waals surface area contributed by atoms with Crippen molar-refractivity contribution < 1.29 is 9.90 Å². The highest BCUT2D eigenvalue weighted by atomic mass is 35.5. The maximum atomic E-state index is 11.2. The van der Waals surface area contributed by atoms with Crippen LogP contribution >= 0.6 is 11.6 Å². The van der Waals surface area contributed by atoms with Gasteiger partial charge in [-0.3, -0.25) is 4.79 Å². The Kier molecular flexibility index (Phi) is 6.20. The number of halogens is 1. The Labute approximate surface area is 142 Å². The second kappa shape index (κ2) is 8.14. The van der Waals surface area contributed by atoms with Crippen LogP contribution in [0.2, 0.25) is 5.02 Å². The zero-order valence-corrected chi connectivity index (χ0v) is 14.2. The quantitative estimate of drug-likeness (QED) is 0.779. The first-order valence-electron chi connectivity index (χ1n) is 7.77. The first kappa shape index (κ1) is 17.5. The number of hydrogen-bond donors (Lipinski definition) is 2. The third-order valence-corrected chi connectivity index (χ3v) is 3.94. The largest absolute Gasteiger partial charge is 0.480 e. The van der Waals surface area contributed by atoms with E-state index in [1.807, 2.05) is 62.4 Å². The van der Waals surface area contributed by atoms with E-state index >= 15 is 0 Å². The molecule has 122 valence electrons. The Balaban J connectivity index is 1.99. The van der Waals surface area contributed by atoms with Crippen LogP contribution in [0.25, 0.3) is 11.1 Å².